The van der Waals surface area contributed by atoms with Crippen LogP contribution in [0.1, 0.15) is 34.6 Å². The van der Waals surface area contributed by atoms with Gasteiger partial charge in [0.2, 0.25) is 0 Å². The van der Waals surface area contributed by atoms with Gasteiger partial charge in [-0.15, -0.1) is 0 Å². The van der Waals surface area contributed by atoms with Gasteiger partial charge in [-0.05, 0) is 62.4 Å². The number of piperazine rings is 2. The Hall–Kier alpha value is -2.07. The first kappa shape index (κ1) is 27.0. The predicted molar refractivity (Wildman–Crippen MR) is 147 cm³/mol. The second kappa shape index (κ2) is 12.0. The van der Waals surface area contributed by atoms with E-state index in [4.69, 9.17) is 0 Å². The standard InChI is InChI=1S/C27H32Br2N4O3/c1-19(30-11-15-32(16-12-30)26(35)21-3-7-23(28)8-4-21)25(34)20(2)31-13-17-33(18-14-31)27(36)22-5-9-24(29)10-6-22/h3-10,19-20H,11-18H2,1-2H3. The van der Waals surface area contributed by atoms with Crippen molar-refractivity contribution in [2.24, 2.45) is 0 Å². The van der Waals surface area contributed by atoms with Crippen LogP contribution in [0.15, 0.2) is 57.5 Å². The molecule has 36 heavy (non-hydrogen) atoms. The van der Waals surface area contributed by atoms with Gasteiger partial charge >= 0.3 is 0 Å². The molecule has 2 atom stereocenters. The lowest BCUT2D eigenvalue weighted by Crippen LogP contribution is -2.58. The molecule has 2 aliphatic heterocycles. The number of nitrogens with zero attached hydrogens (tertiary/aromatic N) is 4. The molecule has 0 N–H and O–H groups in total. The number of Topliss-reactive ketones (excluding diaryl/α,β-unsaturated/α-hetero) is 1. The van der Waals surface area contributed by atoms with Gasteiger partial charge < -0.3 is 9.80 Å². The molecule has 0 bridgehead atoms. The van der Waals surface area contributed by atoms with Gasteiger partial charge in [0.25, 0.3) is 11.8 Å². The molecule has 0 spiro atoms. The average Bonchev–Trinajstić information content (AvgIpc) is 2.92. The number of benzene rings is 2. The van der Waals surface area contributed by atoms with Crippen LogP contribution < -0.4 is 0 Å². The van der Waals surface area contributed by atoms with E-state index in [-0.39, 0.29) is 29.7 Å². The Morgan fingerprint density at radius 2 is 0.889 bits per heavy atom. The Labute approximate surface area is 229 Å². The molecule has 2 saturated heterocycles. The van der Waals surface area contributed by atoms with E-state index in [1.165, 1.54) is 0 Å². The normalized spacial score (nSPS) is 19.1. The van der Waals surface area contributed by atoms with E-state index in [1.807, 2.05) is 72.2 Å². The van der Waals surface area contributed by atoms with E-state index in [0.29, 0.717) is 63.5 Å². The third-order valence-electron chi connectivity index (χ3n) is 7.30. The van der Waals surface area contributed by atoms with Crippen molar-refractivity contribution in [1.82, 2.24) is 19.6 Å². The maximum Gasteiger partial charge on any atom is 0.253 e. The molecule has 0 radical (unpaired) electrons. The Bertz CT molecular complexity index is 992. The summed E-state index contributed by atoms with van der Waals surface area (Å²) in [5.41, 5.74) is 1.37. The van der Waals surface area contributed by atoms with E-state index >= 15 is 0 Å². The van der Waals surface area contributed by atoms with Crippen molar-refractivity contribution in [2.75, 3.05) is 52.4 Å². The first-order valence-corrected chi connectivity index (χ1v) is 13.9. The number of rotatable bonds is 6. The molecule has 2 aromatic rings. The molecular weight excluding hydrogens is 588 g/mol. The Morgan fingerprint density at radius 3 is 1.19 bits per heavy atom. The van der Waals surface area contributed by atoms with Crippen LogP contribution in [0, 0.1) is 0 Å². The van der Waals surface area contributed by atoms with Crippen molar-refractivity contribution in [3.8, 4) is 0 Å². The summed E-state index contributed by atoms with van der Waals surface area (Å²) in [6.07, 6.45) is 0. The van der Waals surface area contributed by atoms with Gasteiger partial charge in [-0.25, -0.2) is 0 Å². The SMILES string of the molecule is CC(C(=O)C(C)N1CCN(C(=O)c2ccc(Br)cc2)CC1)N1CCN(C(=O)c2ccc(Br)cc2)CC1. The fourth-order valence-electron chi connectivity index (χ4n) is 4.88. The molecule has 9 heteroatoms. The number of halogens is 2. The highest BCUT2D eigenvalue weighted by molar-refractivity contribution is 9.10. The number of hydrogen-bond acceptors (Lipinski definition) is 5. The molecule has 2 aliphatic rings. The van der Waals surface area contributed by atoms with Crippen molar-refractivity contribution in [3.63, 3.8) is 0 Å². The molecule has 4 rings (SSSR count). The fourth-order valence-corrected chi connectivity index (χ4v) is 5.41. The molecule has 0 aromatic heterocycles. The van der Waals surface area contributed by atoms with Crippen LogP contribution in [0.25, 0.3) is 0 Å². The summed E-state index contributed by atoms with van der Waals surface area (Å²) in [6, 6.07) is 14.4. The molecule has 2 heterocycles. The van der Waals surface area contributed by atoms with Crippen molar-refractivity contribution < 1.29 is 14.4 Å². The zero-order chi connectivity index (χ0) is 25.8. The first-order chi connectivity index (χ1) is 17.2. The maximum atomic E-state index is 13.3. The molecule has 0 aliphatic carbocycles. The lowest BCUT2D eigenvalue weighted by Gasteiger charge is -2.41. The predicted octanol–water partition coefficient (Wildman–Crippen LogP) is 3.77. The molecule has 2 fully saturated rings. The van der Waals surface area contributed by atoms with Gasteiger partial charge in [0.1, 0.15) is 0 Å². The van der Waals surface area contributed by atoms with Crippen LogP contribution in [-0.2, 0) is 4.79 Å². The summed E-state index contributed by atoms with van der Waals surface area (Å²) in [4.78, 5) is 47.0. The number of carbonyl (C=O) groups excluding carboxylic acids is 3. The fraction of sp³-hybridized carbons (Fsp3) is 0.444. The van der Waals surface area contributed by atoms with Crippen molar-refractivity contribution in [2.45, 2.75) is 25.9 Å². The monoisotopic (exact) mass is 618 g/mol. The topological polar surface area (TPSA) is 64.2 Å². The van der Waals surface area contributed by atoms with Crippen molar-refractivity contribution >= 4 is 49.5 Å². The smallest absolute Gasteiger partial charge is 0.253 e. The van der Waals surface area contributed by atoms with Crippen LogP contribution in [0.5, 0.6) is 0 Å². The molecule has 2 unspecified atom stereocenters. The minimum absolute atomic E-state index is 0.0325. The van der Waals surface area contributed by atoms with Crippen LogP contribution in [0.3, 0.4) is 0 Å². The highest BCUT2D eigenvalue weighted by Gasteiger charge is 2.34. The summed E-state index contributed by atoms with van der Waals surface area (Å²) >= 11 is 6.81. The first-order valence-electron chi connectivity index (χ1n) is 12.4. The Morgan fingerprint density at radius 1 is 0.583 bits per heavy atom. The Kier molecular flexibility index (Phi) is 8.98. The summed E-state index contributed by atoms with van der Waals surface area (Å²) in [7, 11) is 0. The van der Waals surface area contributed by atoms with Gasteiger partial charge in [0.15, 0.2) is 5.78 Å². The summed E-state index contributed by atoms with van der Waals surface area (Å²) < 4.78 is 1.89. The largest absolute Gasteiger partial charge is 0.336 e. The zero-order valence-electron chi connectivity index (χ0n) is 20.7. The minimum atomic E-state index is -0.215. The van der Waals surface area contributed by atoms with Gasteiger partial charge in [-0.1, -0.05) is 31.9 Å². The maximum absolute atomic E-state index is 13.3. The summed E-state index contributed by atoms with van der Waals surface area (Å²) in [5, 5.41) is 0. The van der Waals surface area contributed by atoms with Gasteiger partial charge in [0, 0.05) is 72.4 Å². The van der Waals surface area contributed by atoms with E-state index in [0.717, 1.165) is 8.95 Å². The highest BCUT2D eigenvalue weighted by atomic mass is 79.9. The third-order valence-corrected chi connectivity index (χ3v) is 8.36. The van der Waals surface area contributed by atoms with E-state index in [9.17, 15) is 14.4 Å². The van der Waals surface area contributed by atoms with Crippen LogP contribution in [0.4, 0.5) is 0 Å². The van der Waals surface area contributed by atoms with Crippen molar-refractivity contribution in [1.29, 1.82) is 0 Å². The average molecular weight is 620 g/mol. The van der Waals surface area contributed by atoms with Crippen LogP contribution >= 0.6 is 31.9 Å². The number of carbonyl (C=O) groups is 3. The molecule has 2 amide bonds. The number of hydrogen-bond donors (Lipinski definition) is 0. The van der Waals surface area contributed by atoms with E-state index < -0.39 is 0 Å². The lowest BCUT2D eigenvalue weighted by molar-refractivity contribution is -0.129. The van der Waals surface area contributed by atoms with Crippen LogP contribution in [-0.4, -0.2) is 102 Å². The summed E-state index contributed by atoms with van der Waals surface area (Å²) in [6.45, 7) is 9.09. The quantitative estimate of drug-likeness (QED) is 0.493. The van der Waals surface area contributed by atoms with E-state index in [2.05, 4.69) is 41.7 Å². The zero-order valence-corrected chi connectivity index (χ0v) is 23.9. The van der Waals surface area contributed by atoms with Gasteiger partial charge in [-0.2, -0.15) is 0 Å². The number of ketones is 1. The molecule has 192 valence electrons. The summed E-state index contributed by atoms with van der Waals surface area (Å²) in [5.74, 6) is 0.255. The molecule has 7 nitrogen and oxygen atoms in total. The lowest BCUT2D eigenvalue weighted by atomic mass is 10.0. The van der Waals surface area contributed by atoms with E-state index in [1.54, 1.807) is 0 Å². The van der Waals surface area contributed by atoms with Gasteiger partial charge in [0.05, 0.1) is 12.1 Å². The second-order valence-corrected chi connectivity index (χ2v) is 11.3. The molecular formula is C27H32Br2N4O3. The van der Waals surface area contributed by atoms with Crippen molar-refractivity contribution in [3.05, 3.63) is 68.6 Å². The minimum Gasteiger partial charge on any atom is -0.336 e. The van der Waals surface area contributed by atoms with Gasteiger partial charge in [-0.3, -0.25) is 24.2 Å². The molecule has 0 saturated carbocycles. The number of amides is 2. The third kappa shape index (κ3) is 6.25. The van der Waals surface area contributed by atoms with Crippen LogP contribution in [0.2, 0.25) is 0 Å². The highest BCUT2D eigenvalue weighted by Crippen LogP contribution is 2.18. The second-order valence-electron chi connectivity index (χ2n) is 9.42. The Balaban J connectivity index is 1.25. The molecule has 2 aromatic carbocycles.